The van der Waals surface area contributed by atoms with Gasteiger partial charge >= 0.3 is 0 Å². The SMILES string of the molecule is Cc1nc(COc2ccc(C=CC(=O)NCc3ccc4c(c3)OCCCO4)cc2)cs1. The van der Waals surface area contributed by atoms with Crippen molar-refractivity contribution in [3.05, 3.63) is 75.7 Å². The Labute approximate surface area is 185 Å². The van der Waals surface area contributed by atoms with Crippen molar-refractivity contribution in [2.45, 2.75) is 26.5 Å². The van der Waals surface area contributed by atoms with Crippen LogP contribution in [0.15, 0.2) is 53.9 Å². The maximum absolute atomic E-state index is 12.2. The fourth-order valence-electron chi connectivity index (χ4n) is 3.04. The minimum atomic E-state index is -0.161. The molecule has 1 N–H and O–H groups in total. The van der Waals surface area contributed by atoms with Crippen molar-refractivity contribution in [3.8, 4) is 17.2 Å². The van der Waals surface area contributed by atoms with Crippen molar-refractivity contribution in [3.63, 3.8) is 0 Å². The minimum absolute atomic E-state index is 0.161. The third-order valence-electron chi connectivity index (χ3n) is 4.64. The molecule has 2 heterocycles. The molecule has 160 valence electrons. The predicted molar refractivity (Wildman–Crippen MR) is 121 cm³/mol. The highest BCUT2D eigenvalue weighted by Crippen LogP contribution is 2.30. The molecule has 3 aromatic rings. The summed E-state index contributed by atoms with van der Waals surface area (Å²) in [5.41, 5.74) is 2.81. The Morgan fingerprint density at radius 2 is 1.97 bits per heavy atom. The monoisotopic (exact) mass is 436 g/mol. The first-order valence-corrected chi connectivity index (χ1v) is 11.0. The van der Waals surface area contributed by atoms with Gasteiger partial charge in [-0.25, -0.2) is 4.98 Å². The van der Waals surface area contributed by atoms with Crippen LogP contribution < -0.4 is 19.5 Å². The molecular formula is C24H24N2O4S. The highest BCUT2D eigenvalue weighted by atomic mass is 32.1. The lowest BCUT2D eigenvalue weighted by atomic mass is 10.2. The summed E-state index contributed by atoms with van der Waals surface area (Å²) in [6.45, 7) is 4.14. The summed E-state index contributed by atoms with van der Waals surface area (Å²) in [5.74, 6) is 2.08. The second kappa shape index (κ2) is 10.1. The summed E-state index contributed by atoms with van der Waals surface area (Å²) in [6.07, 6.45) is 4.16. The van der Waals surface area contributed by atoms with Gasteiger partial charge in [0.05, 0.1) is 23.9 Å². The first-order chi connectivity index (χ1) is 15.2. The van der Waals surface area contributed by atoms with Crippen molar-refractivity contribution in [2.24, 2.45) is 0 Å². The molecular weight excluding hydrogens is 412 g/mol. The number of nitrogens with zero attached hydrogens (tertiary/aromatic N) is 1. The van der Waals surface area contributed by atoms with Gasteiger partial charge in [0.2, 0.25) is 5.91 Å². The highest BCUT2D eigenvalue weighted by molar-refractivity contribution is 7.09. The van der Waals surface area contributed by atoms with Gasteiger partial charge in [0, 0.05) is 24.4 Å². The van der Waals surface area contributed by atoms with E-state index in [9.17, 15) is 4.79 Å². The molecule has 2 aromatic carbocycles. The number of fused-ring (bicyclic) bond motifs is 1. The van der Waals surface area contributed by atoms with E-state index in [0.717, 1.165) is 45.5 Å². The van der Waals surface area contributed by atoms with E-state index in [4.69, 9.17) is 14.2 Å². The Hall–Kier alpha value is -3.32. The molecule has 0 atom stereocenters. The van der Waals surface area contributed by atoms with Crippen LogP contribution in [0.25, 0.3) is 6.08 Å². The van der Waals surface area contributed by atoms with Crippen LogP contribution in [0.5, 0.6) is 17.2 Å². The standard InChI is InChI=1S/C24H24N2O4S/c1-17-26-20(16-31-17)15-30-21-7-3-18(4-8-21)6-10-24(27)25-14-19-5-9-22-23(13-19)29-12-2-11-28-22/h3-10,13,16H,2,11-12,14-15H2,1H3,(H,25,27). The number of amides is 1. The van der Waals surface area contributed by atoms with Gasteiger partial charge in [0.1, 0.15) is 12.4 Å². The van der Waals surface area contributed by atoms with Crippen LogP contribution in [0.3, 0.4) is 0 Å². The Balaban J connectivity index is 1.25. The molecule has 31 heavy (non-hydrogen) atoms. The zero-order valence-electron chi connectivity index (χ0n) is 17.3. The van der Waals surface area contributed by atoms with Crippen LogP contribution in [0, 0.1) is 6.92 Å². The van der Waals surface area contributed by atoms with E-state index in [1.807, 2.05) is 54.8 Å². The summed E-state index contributed by atoms with van der Waals surface area (Å²) < 4.78 is 17.1. The van der Waals surface area contributed by atoms with Gasteiger partial charge in [-0.2, -0.15) is 0 Å². The van der Waals surface area contributed by atoms with Gasteiger partial charge in [-0.3, -0.25) is 4.79 Å². The quantitative estimate of drug-likeness (QED) is 0.552. The van der Waals surface area contributed by atoms with Crippen molar-refractivity contribution in [1.82, 2.24) is 10.3 Å². The molecule has 0 aliphatic carbocycles. The largest absolute Gasteiger partial charge is 0.490 e. The lowest BCUT2D eigenvalue weighted by Gasteiger charge is -2.09. The first kappa shape index (κ1) is 20.9. The molecule has 0 radical (unpaired) electrons. The third kappa shape index (κ3) is 6.08. The molecule has 0 fully saturated rings. The van der Waals surface area contributed by atoms with Crippen LogP contribution >= 0.6 is 11.3 Å². The van der Waals surface area contributed by atoms with Crippen LogP contribution in [0.1, 0.15) is 28.2 Å². The number of carbonyl (C=O) groups excluding carboxylic acids is 1. The van der Waals surface area contributed by atoms with Crippen LogP contribution in [-0.2, 0) is 17.9 Å². The van der Waals surface area contributed by atoms with Crippen LogP contribution in [-0.4, -0.2) is 24.1 Å². The predicted octanol–water partition coefficient (Wildman–Crippen LogP) is 4.52. The second-order valence-electron chi connectivity index (χ2n) is 7.10. The smallest absolute Gasteiger partial charge is 0.244 e. The van der Waals surface area contributed by atoms with E-state index in [1.165, 1.54) is 6.08 Å². The number of aromatic nitrogens is 1. The summed E-state index contributed by atoms with van der Waals surface area (Å²) in [5, 5.41) is 5.92. The number of carbonyl (C=O) groups is 1. The molecule has 1 aromatic heterocycles. The van der Waals surface area contributed by atoms with Crippen molar-refractivity contribution < 1.29 is 19.0 Å². The number of benzene rings is 2. The number of hydrogen-bond acceptors (Lipinski definition) is 6. The first-order valence-electron chi connectivity index (χ1n) is 10.1. The molecule has 4 rings (SSSR count). The Morgan fingerprint density at radius 3 is 2.74 bits per heavy atom. The van der Waals surface area contributed by atoms with E-state index in [2.05, 4.69) is 10.3 Å². The zero-order valence-corrected chi connectivity index (χ0v) is 18.1. The van der Waals surface area contributed by atoms with Crippen LogP contribution in [0.2, 0.25) is 0 Å². The van der Waals surface area contributed by atoms with E-state index >= 15 is 0 Å². The third-order valence-corrected chi connectivity index (χ3v) is 5.46. The molecule has 1 amide bonds. The Bertz CT molecular complexity index is 1060. The van der Waals surface area contributed by atoms with Crippen molar-refractivity contribution >= 4 is 23.3 Å². The van der Waals surface area contributed by atoms with Gasteiger partial charge in [0.15, 0.2) is 11.5 Å². The molecule has 0 bridgehead atoms. The van der Waals surface area contributed by atoms with E-state index in [0.29, 0.717) is 26.4 Å². The Kier molecular flexibility index (Phi) is 6.84. The molecule has 7 heteroatoms. The van der Waals surface area contributed by atoms with E-state index in [-0.39, 0.29) is 5.91 Å². The summed E-state index contributed by atoms with van der Waals surface area (Å²) >= 11 is 1.61. The van der Waals surface area contributed by atoms with Gasteiger partial charge in [-0.05, 0) is 48.4 Å². The lowest BCUT2D eigenvalue weighted by molar-refractivity contribution is -0.116. The van der Waals surface area contributed by atoms with Crippen molar-refractivity contribution in [2.75, 3.05) is 13.2 Å². The van der Waals surface area contributed by atoms with E-state index < -0.39 is 0 Å². The zero-order chi connectivity index (χ0) is 21.5. The molecule has 1 aliphatic heterocycles. The van der Waals surface area contributed by atoms with Gasteiger partial charge in [-0.1, -0.05) is 18.2 Å². The van der Waals surface area contributed by atoms with Crippen molar-refractivity contribution in [1.29, 1.82) is 0 Å². The number of thiazole rings is 1. The number of rotatable bonds is 7. The average Bonchev–Trinajstić information content (AvgIpc) is 3.06. The van der Waals surface area contributed by atoms with E-state index in [1.54, 1.807) is 17.4 Å². The summed E-state index contributed by atoms with van der Waals surface area (Å²) in [6, 6.07) is 13.3. The highest BCUT2D eigenvalue weighted by Gasteiger charge is 2.10. The number of ether oxygens (including phenoxy) is 3. The fourth-order valence-corrected chi connectivity index (χ4v) is 3.64. The lowest BCUT2D eigenvalue weighted by Crippen LogP contribution is -2.20. The number of nitrogens with one attached hydrogen (secondary N) is 1. The summed E-state index contributed by atoms with van der Waals surface area (Å²) in [4.78, 5) is 16.6. The molecule has 0 saturated carbocycles. The van der Waals surface area contributed by atoms with Crippen LogP contribution in [0.4, 0.5) is 0 Å². The second-order valence-corrected chi connectivity index (χ2v) is 8.16. The van der Waals surface area contributed by atoms with Gasteiger partial charge in [0.25, 0.3) is 0 Å². The maximum Gasteiger partial charge on any atom is 0.244 e. The maximum atomic E-state index is 12.2. The molecule has 0 spiro atoms. The minimum Gasteiger partial charge on any atom is -0.490 e. The number of hydrogen-bond donors (Lipinski definition) is 1. The average molecular weight is 437 g/mol. The number of aryl methyl sites for hydroxylation is 1. The molecule has 0 unspecified atom stereocenters. The molecule has 0 saturated heterocycles. The molecule has 6 nitrogen and oxygen atoms in total. The van der Waals surface area contributed by atoms with Gasteiger partial charge < -0.3 is 19.5 Å². The molecule has 1 aliphatic rings. The topological polar surface area (TPSA) is 69.7 Å². The van der Waals surface area contributed by atoms with Gasteiger partial charge in [-0.15, -0.1) is 11.3 Å². The summed E-state index contributed by atoms with van der Waals surface area (Å²) in [7, 11) is 0. The normalized spacial score (nSPS) is 13.1. The fraction of sp³-hybridized carbons (Fsp3) is 0.250. The Morgan fingerprint density at radius 1 is 1.16 bits per heavy atom.